The molecule has 0 spiro atoms. The van der Waals surface area contributed by atoms with Crippen LogP contribution in [0.5, 0.6) is 0 Å². The van der Waals surface area contributed by atoms with Crippen molar-refractivity contribution in [3.8, 4) is 0 Å². The number of alkyl halides is 1. The van der Waals surface area contributed by atoms with Gasteiger partial charge in [-0.3, -0.25) is 0 Å². The van der Waals surface area contributed by atoms with Crippen molar-refractivity contribution in [3.63, 3.8) is 0 Å². The first-order valence-electron chi connectivity index (χ1n) is 6.06. The van der Waals surface area contributed by atoms with E-state index in [0.29, 0.717) is 22.7 Å². The lowest BCUT2D eigenvalue weighted by Gasteiger charge is -2.26. The molecule has 1 aromatic carbocycles. The third-order valence-corrected chi connectivity index (χ3v) is 4.69. The van der Waals surface area contributed by atoms with Crippen LogP contribution in [-0.4, -0.2) is 22.8 Å². The summed E-state index contributed by atoms with van der Waals surface area (Å²) in [6.07, 6.45) is 0.885. The number of fused-ring (bicyclic) bond motifs is 1. The fourth-order valence-corrected chi connectivity index (χ4v) is 3.28. The van der Waals surface area contributed by atoms with Gasteiger partial charge in [0.05, 0.1) is 32.6 Å². The van der Waals surface area contributed by atoms with Crippen LogP contribution in [0.15, 0.2) is 12.1 Å². The molecular formula is C13H13ClFIN2O. The summed E-state index contributed by atoms with van der Waals surface area (Å²) in [6.45, 7) is 3.42. The molecular weight excluding hydrogens is 382 g/mol. The lowest BCUT2D eigenvalue weighted by Crippen LogP contribution is -2.31. The summed E-state index contributed by atoms with van der Waals surface area (Å²) in [6, 6.07) is 3.31. The number of hydrogen-bond acceptors (Lipinski definition) is 2. The monoisotopic (exact) mass is 394 g/mol. The topological polar surface area (TPSA) is 27.1 Å². The minimum Gasteiger partial charge on any atom is -0.379 e. The van der Waals surface area contributed by atoms with E-state index in [2.05, 4.69) is 11.9 Å². The van der Waals surface area contributed by atoms with Crippen LogP contribution in [-0.2, 0) is 16.2 Å². The zero-order chi connectivity index (χ0) is 13.6. The predicted octanol–water partition coefficient (Wildman–Crippen LogP) is 3.65. The molecule has 19 heavy (non-hydrogen) atoms. The highest BCUT2D eigenvalue weighted by Crippen LogP contribution is 2.33. The molecule has 1 saturated heterocycles. The predicted molar refractivity (Wildman–Crippen MR) is 81.0 cm³/mol. The highest BCUT2D eigenvalue weighted by atomic mass is 127. The zero-order valence-corrected chi connectivity index (χ0v) is 13.3. The molecule has 6 heteroatoms. The van der Waals surface area contributed by atoms with Gasteiger partial charge in [0.25, 0.3) is 0 Å². The van der Waals surface area contributed by atoms with Gasteiger partial charge in [-0.1, -0.05) is 0 Å². The molecule has 102 valence electrons. The largest absolute Gasteiger partial charge is 0.379 e. The van der Waals surface area contributed by atoms with E-state index < -0.39 is 0 Å². The first-order valence-corrected chi connectivity index (χ1v) is 7.67. The van der Waals surface area contributed by atoms with Gasteiger partial charge in [-0.2, -0.15) is 0 Å². The number of halogens is 3. The summed E-state index contributed by atoms with van der Waals surface area (Å²) in [5.74, 6) is 0.853. The Morgan fingerprint density at radius 3 is 3.00 bits per heavy atom. The van der Waals surface area contributed by atoms with Crippen molar-refractivity contribution in [1.82, 2.24) is 9.55 Å². The smallest absolute Gasteiger partial charge is 0.138 e. The van der Waals surface area contributed by atoms with Crippen LogP contribution in [0.1, 0.15) is 19.2 Å². The number of imidazole rings is 1. The summed E-state index contributed by atoms with van der Waals surface area (Å²) < 4.78 is 22.0. The van der Waals surface area contributed by atoms with E-state index in [4.69, 9.17) is 16.3 Å². The van der Waals surface area contributed by atoms with Gasteiger partial charge in [-0.25, -0.2) is 9.37 Å². The molecule has 2 heterocycles. The van der Waals surface area contributed by atoms with Crippen molar-refractivity contribution in [2.45, 2.75) is 24.8 Å². The van der Waals surface area contributed by atoms with E-state index in [9.17, 15) is 4.39 Å². The molecule has 0 aliphatic carbocycles. The SMILES string of the molecule is CC1(n2c(CCl)nc3cc(I)c(F)cc32)CCOC1. The summed E-state index contributed by atoms with van der Waals surface area (Å²) in [5.41, 5.74) is 1.38. The maximum Gasteiger partial charge on any atom is 0.138 e. The van der Waals surface area contributed by atoms with Crippen LogP contribution in [0.4, 0.5) is 4.39 Å². The molecule has 3 rings (SSSR count). The van der Waals surface area contributed by atoms with Crippen molar-refractivity contribution in [3.05, 3.63) is 27.3 Å². The Morgan fingerprint density at radius 2 is 2.37 bits per heavy atom. The average molecular weight is 395 g/mol. The maximum absolute atomic E-state index is 13.8. The summed E-state index contributed by atoms with van der Waals surface area (Å²) >= 11 is 7.98. The molecule has 1 fully saturated rings. The highest BCUT2D eigenvalue weighted by Gasteiger charge is 2.35. The van der Waals surface area contributed by atoms with Gasteiger partial charge in [-0.15, -0.1) is 11.6 Å². The van der Waals surface area contributed by atoms with Gasteiger partial charge in [0, 0.05) is 12.7 Å². The van der Waals surface area contributed by atoms with Crippen LogP contribution >= 0.6 is 34.2 Å². The van der Waals surface area contributed by atoms with E-state index in [1.807, 2.05) is 27.2 Å². The minimum absolute atomic E-state index is 0.196. The number of benzene rings is 1. The van der Waals surface area contributed by atoms with Gasteiger partial charge in [0.15, 0.2) is 0 Å². The molecule has 0 bridgehead atoms. The van der Waals surface area contributed by atoms with E-state index >= 15 is 0 Å². The second-order valence-corrected chi connectivity index (χ2v) is 6.48. The molecule has 1 aliphatic heterocycles. The molecule has 1 aromatic heterocycles. The second kappa shape index (κ2) is 4.86. The summed E-state index contributed by atoms with van der Waals surface area (Å²) in [4.78, 5) is 4.53. The fraction of sp³-hybridized carbons (Fsp3) is 0.462. The maximum atomic E-state index is 13.8. The normalized spacial score (nSPS) is 23.4. The Labute approximate surface area is 129 Å². The molecule has 0 radical (unpaired) electrons. The summed E-state index contributed by atoms with van der Waals surface area (Å²) in [7, 11) is 0. The van der Waals surface area contributed by atoms with E-state index in [-0.39, 0.29) is 11.4 Å². The lowest BCUT2D eigenvalue weighted by molar-refractivity contribution is 0.162. The Morgan fingerprint density at radius 1 is 1.58 bits per heavy atom. The van der Waals surface area contributed by atoms with Gasteiger partial charge in [0.1, 0.15) is 11.6 Å². The van der Waals surface area contributed by atoms with Crippen molar-refractivity contribution in [2.75, 3.05) is 13.2 Å². The molecule has 0 N–H and O–H groups in total. The van der Waals surface area contributed by atoms with Gasteiger partial charge >= 0.3 is 0 Å². The molecule has 1 atom stereocenters. The first kappa shape index (κ1) is 13.6. The Balaban J connectivity index is 2.29. The molecule has 2 aromatic rings. The Kier molecular flexibility index (Phi) is 3.47. The number of ether oxygens (including phenoxy) is 1. The van der Waals surface area contributed by atoms with Crippen LogP contribution in [0.2, 0.25) is 0 Å². The Hall–Kier alpha value is -0.400. The van der Waals surface area contributed by atoms with E-state index in [1.54, 1.807) is 12.1 Å². The fourth-order valence-electron chi connectivity index (χ4n) is 2.65. The minimum atomic E-state index is -0.224. The lowest BCUT2D eigenvalue weighted by atomic mass is 10.0. The molecule has 0 amide bonds. The van der Waals surface area contributed by atoms with Crippen LogP contribution in [0.3, 0.4) is 0 Å². The number of aromatic nitrogens is 2. The number of rotatable bonds is 2. The third kappa shape index (κ3) is 2.15. The van der Waals surface area contributed by atoms with Crippen LogP contribution in [0, 0.1) is 9.39 Å². The van der Waals surface area contributed by atoms with Gasteiger partial charge < -0.3 is 9.30 Å². The van der Waals surface area contributed by atoms with E-state index in [0.717, 1.165) is 23.3 Å². The second-order valence-electron chi connectivity index (χ2n) is 5.05. The Bertz CT molecular complexity index is 637. The van der Waals surface area contributed by atoms with Crippen LogP contribution < -0.4 is 0 Å². The third-order valence-electron chi connectivity index (χ3n) is 3.62. The standard InChI is InChI=1S/C13H13ClFIN2O/c1-13(2-3-19-7-13)18-11-4-8(15)9(16)5-10(11)17-12(18)6-14/h4-5H,2-3,6-7H2,1H3. The van der Waals surface area contributed by atoms with E-state index in [1.165, 1.54) is 0 Å². The highest BCUT2D eigenvalue weighted by molar-refractivity contribution is 14.1. The zero-order valence-electron chi connectivity index (χ0n) is 10.4. The average Bonchev–Trinajstić information content (AvgIpc) is 2.94. The van der Waals surface area contributed by atoms with Crippen molar-refractivity contribution in [1.29, 1.82) is 0 Å². The quantitative estimate of drug-likeness (QED) is 0.574. The number of nitrogens with zero attached hydrogens (tertiary/aromatic N) is 2. The van der Waals surface area contributed by atoms with Crippen molar-refractivity contribution < 1.29 is 9.13 Å². The van der Waals surface area contributed by atoms with Gasteiger partial charge in [-0.05, 0) is 42.0 Å². The van der Waals surface area contributed by atoms with Crippen molar-refractivity contribution >= 4 is 45.2 Å². The molecule has 0 saturated carbocycles. The molecule has 1 unspecified atom stereocenters. The first-order chi connectivity index (χ1) is 9.05. The number of hydrogen-bond donors (Lipinski definition) is 0. The van der Waals surface area contributed by atoms with Crippen molar-refractivity contribution in [2.24, 2.45) is 0 Å². The molecule has 3 nitrogen and oxygen atoms in total. The summed E-state index contributed by atoms with van der Waals surface area (Å²) in [5, 5.41) is 0. The van der Waals surface area contributed by atoms with Gasteiger partial charge in [0.2, 0.25) is 0 Å². The molecule has 1 aliphatic rings. The van der Waals surface area contributed by atoms with Crippen LogP contribution in [0.25, 0.3) is 11.0 Å².